The van der Waals surface area contributed by atoms with Crippen LogP contribution in [-0.2, 0) is 9.47 Å². The summed E-state index contributed by atoms with van der Waals surface area (Å²) in [5.41, 5.74) is 0.575. The summed E-state index contributed by atoms with van der Waals surface area (Å²) < 4.78 is 23.2. The molecule has 1 unspecified atom stereocenters. The van der Waals surface area contributed by atoms with E-state index in [-0.39, 0.29) is 5.82 Å². The van der Waals surface area contributed by atoms with Crippen LogP contribution in [0.5, 0.6) is 0 Å². The molecule has 0 aromatic heterocycles. The van der Waals surface area contributed by atoms with Crippen molar-refractivity contribution in [1.82, 2.24) is 4.90 Å². The van der Waals surface area contributed by atoms with Gasteiger partial charge in [0.05, 0.1) is 13.2 Å². The fourth-order valence-corrected chi connectivity index (χ4v) is 1.76. The monoisotopic (exact) mass is 263 g/mol. The molecule has 4 nitrogen and oxygen atoms in total. The fourth-order valence-electron chi connectivity index (χ4n) is 1.76. The molecule has 1 atom stereocenters. The van der Waals surface area contributed by atoms with Crippen LogP contribution in [0.2, 0.25) is 0 Å². The molecule has 1 aromatic carbocycles. The number of terminal acetylenes is 1. The van der Waals surface area contributed by atoms with Crippen molar-refractivity contribution < 1.29 is 18.7 Å². The lowest BCUT2D eigenvalue weighted by atomic mass is 10.1. The molecule has 0 radical (unpaired) electrons. The Morgan fingerprint density at radius 3 is 2.58 bits per heavy atom. The van der Waals surface area contributed by atoms with Gasteiger partial charge in [-0.3, -0.25) is 0 Å². The van der Waals surface area contributed by atoms with Crippen LogP contribution < -0.4 is 0 Å². The maximum Gasteiger partial charge on any atom is 0.411 e. The average molecular weight is 263 g/mol. The highest BCUT2D eigenvalue weighted by Gasteiger charge is 2.22. The van der Waals surface area contributed by atoms with Crippen molar-refractivity contribution in [3.8, 4) is 12.3 Å². The minimum absolute atomic E-state index is 0.362. The average Bonchev–Trinajstić information content (AvgIpc) is 2.46. The number of halogens is 1. The van der Waals surface area contributed by atoms with E-state index < -0.39 is 12.2 Å². The zero-order chi connectivity index (χ0) is 13.7. The van der Waals surface area contributed by atoms with Gasteiger partial charge in [0.15, 0.2) is 6.10 Å². The summed E-state index contributed by atoms with van der Waals surface area (Å²) in [6.45, 7) is 1.96. The second-order valence-corrected chi connectivity index (χ2v) is 4.08. The number of nitrogens with zero attached hydrogens (tertiary/aromatic N) is 1. The van der Waals surface area contributed by atoms with E-state index in [2.05, 4.69) is 5.92 Å². The third-order valence-corrected chi connectivity index (χ3v) is 2.81. The number of carbonyl (C=O) groups excluding carboxylic acids is 1. The zero-order valence-corrected chi connectivity index (χ0v) is 10.3. The second kappa shape index (κ2) is 6.21. The SMILES string of the molecule is C#CC(OC(=O)N1CCOCC1)c1ccc(F)cc1. The summed E-state index contributed by atoms with van der Waals surface area (Å²) in [5.74, 6) is 2.02. The topological polar surface area (TPSA) is 38.8 Å². The Labute approximate surface area is 111 Å². The minimum Gasteiger partial charge on any atom is -0.428 e. The van der Waals surface area contributed by atoms with Crippen LogP contribution in [0.1, 0.15) is 11.7 Å². The van der Waals surface area contributed by atoms with E-state index in [1.807, 2.05) is 0 Å². The summed E-state index contributed by atoms with van der Waals surface area (Å²) in [6.07, 6.45) is 4.07. The Morgan fingerprint density at radius 2 is 2.00 bits per heavy atom. The molecule has 1 aromatic rings. The molecule has 1 fully saturated rings. The highest BCUT2D eigenvalue weighted by molar-refractivity contribution is 5.68. The van der Waals surface area contributed by atoms with E-state index in [1.54, 1.807) is 0 Å². The first kappa shape index (κ1) is 13.4. The lowest BCUT2D eigenvalue weighted by Crippen LogP contribution is -2.41. The van der Waals surface area contributed by atoms with Crippen molar-refractivity contribution in [2.75, 3.05) is 26.3 Å². The van der Waals surface area contributed by atoms with Gasteiger partial charge in [0.2, 0.25) is 0 Å². The van der Waals surface area contributed by atoms with E-state index in [1.165, 1.54) is 29.2 Å². The Kier molecular flexibility index (Phi) is 4.37. The van der Waals surface area contributed by atoms with Gasteiger partial charge in [-0.2, -0.15) is 0 Å². The van der Waals surface area contributed by atoms with Gasteiger partial charge in [0.1, 0.15) is 5.82 Å². The number of morpholine rings is 1. The molecule has 19 heavy (non-hydrogen) atoms. The van der Waals surface area contributed by atoms with E-state index >= 15 is 0 Å². The normalized spacial score (nSPS) is 16.5. The predicted molar refractivity (Wildman–Crippen MR) is 66.8 cm³/mol. The molecule has 1 aliphatic rings. The Bertz CT molecular complexity index is 474. The maximum absolute atomic E-state index is 12.8. The number of hydrogen-bond acceptors (Lipinski definition) is 3. The molecule has 0 N–H and O–H groups in total. The molecule has 1 aliphatic heterocycles. The van der Waals surface area contributed by atoms with Gasteiger partial charge in [-0.15, -0.1) is 6.42 Å². The first-order valence-electron chi connectivity index (χ1n) is 5.95. The summed E-state index contributed by atoms with van der Waals surface area (Å²) >= 11 is 0. The van der Waals surface area contributed by atoms with E-state index in [4.69, 9.17) is 15.9 Å². The number of carbonyl (C=O) groups is 1. The molecule has 0 bridgehead atoms. The van der Waals surface area contributed by atoms with Gasteiger partial charge >= 0.3 is 6.09 Å². The van der Waals surface area contributed by atoms with Crippen LogP contribution in [0.25, 0.3) is 0 Å². The lowest BCUT2D eigenvalue weighted by molar-refractivity contribution is 0.0203. The number of rotatable bonds is 2. The molecular formula is C14H14FNO3. The van der Waals surface area contributed by atoms with E-state index in [0.717, 1.165) is 0 Å². The molecule has 0 spiro atoms. The number of amides is 1. The number of hydrogen-bond donors (Lipinski definition) is 0. The van der Waals surface area contributed by atoms with Crippen LogP contribution in [0, 0.1) is 18.2 Å². The van der Waals surface area contributed by atoms with E-state index in [9.17, 15) is 9.18 Å². The molecule has 5 heteroatoms. The lowest BCUT2D eigenvalue weighted by Gasteiger charge is -2.27. The highest BCUT2D eigenvalue weighted by atomic mass is 19.1. The Hall–Kier alpha value is -2.06. The summed E-state index contributed by atoms with van der Waals surface area (Å²) in [4.78, 5) is 13.4. The largest absolute Gasteiger partial charge is 0.428 e. The molecule has 0 aliphatic carbocycles. The molecule has 100 valence electrons. The summed E-state index contributed by atoms with van der Waals surface area (Å²) in [7, 11) is 0. The van der Waals surface area contributed by atoms with Crippen molar-refractivity contribution in [2.45, 2.75) is 6.10 Å². The van der Waals surface area contributed by atoms with Gasteiger partial charge in [-0.25, -0.2) is 9.18 Å². The van der Waals surface area contributed by atoms with Gasteiger partial charge in [0.25, 0.3) is 0 Å². The van der Waals surface area contributed by atoms with Crippen LogP contribution in [-0.4, -0.2) is 37.3 Å². The van der Waals surface area contributed by atoms with Crippen LogP contribution in [0.4, 0.5) is 9.18 Å². The first-order valence-corrected chi connectivity index (χ1v) is 5.95. The Balaban J connectivity index is 2.00. The standard InChI is InChI=1S/C14H14FNO3/c1-2-13(11-3-5-12(15)6-4-11)19-14(17)16-7-9-18-10-8-16/h1,3-6,13H,7-10H2. The predicted octanol–water partition coefficient (Wildman–Crippen LogP) is 1.97. The highest BCUT2D eigenvalue weighted by Crippen LogP contribution is 2.18. The quantitative estimate of drug-likeness (QED) is 0.766. The Morgan fingerprint density at radius 1 is 1.37 bits per heavy atom. The molecular weight excluding hydrogens is 249 g/mol. The molecule has 1 saturated heterocycles. The van der Waals surface area contributed by atoms with Crippen molar-refractivity contribution in [1.29, 1.82) is 0 Å². The second-order valence-electron chi connectivity index (χ2n) is 4.08. The summed E-state index contributed by atoms with van der Waals surface area (Å²) in [5, 5.41) is 0. The van der Waals surface area contributed by atoms with Gasteiger partial charge in [0, 0.05) is 18.7 Å². The van der Waals surface area contributed by atoms with Crippen molar-refractivity contribution in [3.05, 3.63) is 35.6 Å². The van der Waals surface area contributed by atoms with Crippen molar-refractivity contribution in [3.63, 3.8) is 0 Å². The van der Waals surface area contributed by atoms with Crippen molar-refractivity contribution in [2.24, 2.45) is 0 Å². The maximum atomic E-state index is 12.8. The smallest absolute Gasteiger partial charge is 0.411 e. The van der Waals surface area contributed by atoms with Crippen LogP contribution >= 0.6 is 0 Å². The fraction of sp³-hybridized carbons (Fsp3) is 0.357. The van der Waals surface area contributed by atoms with Gasteiger partial charge < -0.3 is 14.4 Å². The third-order valence-electron chi connectivity index (χ3n) is 2.81. The third kappa shape index (κ3) is 3.46. The van der Waals surface area contributed by atoms with Crippen molar-refractivity contribution >= 4 is 6.09 Å². The molecule has 2 rings (SSSR count). The zero-order valence-electron chi connectivity index (χ0n) is 10.3. The van der Waals surface area contributed by atoms with Gasteiger partial charge in [-0.1, -0.05) is 18.1 Å². The molecule has 0 saturated carbocycles. The first-order chi connectivity index (χ1) is 9.20. The van der Waals surface area contributed by atoms with Crippen LogP contribution in [0.3, 0.4) is 0 Å². The molecule has 1 amide bonds. The van der Waals surface area contributed by atoms with Crippen LogP contribution in [0.15, 0.2) is 24.3 Å². The van der Waals surface area contributed by atoms with E-state index in [0.29, 0.717) is 31.9 Å². The van der Waals surface area contributed by atoms with Gasteiger partial charge in [-0.05, 0) is 12.1 Å². The molecule has 1 heterocycles. The number of benzene rings is 1. The number of ether oxygens (including phenoxy) is 2. The minimum atomic E-state index is -0.809. The summed E-state index contributed by atoms with van der Waals surface area (Å²) in [6, 6.07) is 5.57.